The second-order valence-electron chi connectivity index (χ2n) is 8.71. The summed E-state index contributed by atoms with van der Waals surface area (Å²) >= 11 is 6.10. The first-order chi connectivity index (χ1) is 13.2. The van der Waals surface area contributed by atoms with Crippen molar-refractivity contribution in [1.82, 2.24) is 4.90 Å². The number of carbonyl (C=O) groups excluding carboxylic acids is 1. The molecule has 5 nitrogen and oxygen atoms in total. The summed E-state index contributed by atoms with van der Waals surface area (Å²) in [6.45, 7) is 8.89. The molecule has 1 amide bonds. The molecule has 1 fully saturated rings. The molecule has 28 heavy (non-hydrogen) atoms. The van der Waals surface area contributed by atoms with Gasteiger partial charge in [-0.05, 0) is 37.0 Å². The van der Waals surface area contributed by atoms with E-state index in [2.05, 4.69) is 18.7 Å². The molecule has 1 atom stereocenters. The van der Waals surface area contributed by atoms with Gasteiger partial charge in [-0.2, -0.15) is 0 Å². The van der Waals surface area contributed by atoms with E-state index in [0.29, 0.717) is 30.3 Å². The van der Waals surface area contributed by atoms with E-state index < -0.39 is 6.10 Å². The molecular formula is C22H27ClN2O3. The van der Waals surface area contributed by atoms with Crippen LogP contribution in [0.2, 0.25) is 5.02 Å². The fraction of sp³-hybridized carbons (Fsp3) is 0.500. The van der Waals surface area contributed by atoms with Crippen molar-refractivity contribution in [2.75, 3.05) is 31.1 Å². The van der Waals surface area contributed by atoms with E-state index in [1.165, 1.54) is 0 Å². The van der Waals surface area contributed by atoms with E-state index in [9.17, 15) is 9.90 Å². The average molecular weight is 403 g/mol. The predicted octanol–water partition coefficient (Wildman–Crippen LogP) is 4.21. The van der Waals surface area contributed by atoms with Crippen molar-refractivity contribution in [3.8, 4) is 0 Å². The summed E-state index contributed by atoms with van der Waals surface area (Å²) in [4.78, 5) is 17.2. The van der Waals surface area contributed by atoms with Crippen LogP contribution in [-0.2, 0) is 6.42 Å². The monoisotopic (exact) mass is 402 g/mol. The Bertz CT molecular complexity index is 897. The Labute approximate surface area is 170 Å². The molecule has 6 heteroatoms. The highest BCUT2D eigenvalue weighted by molar-refractivity contribution is 6.30. The molecule has 1 N–H and O–H groups in total. The predicted molar refractivity (Wildman–Crippen MR) is 110 cm³/mol. The van der Waals surface area contributed by atoms with Crippen LogP contribution in [0.3, 0.4) is 0 Å². The topological polar surface area (TPSA) is 56.9 Å². The number of aliphatic hydroxyl groups excluding tert-OH is 1. The van der Waals surface area contributed by atoms with Gasteiger partial charge in [0.1, 0.15) is 5.76 Å². The summed E-state index contributed by atoms with van der Waals surface area (Å²) in [7, 11) is 0. The third kappa shape index (κ3) is 3.53. The number of halogens is 1. The summed E-state index contributed by atoms with van der Waals surface area (Å²) in [6.07, 6.45) is 0.867. The lowest BCUT2D eigenvalue weighted by Crippen LogP contribution is -2.48. The number of anilines is 1. The lowest BCUT2D eigenvalue weighted by Gasteiger charge is -2.35. The second-order valence-corrected chi connectivity index (χ2v) is 9.15. The lowest BCUT2D eigenvalue weighted by atomic mass is 9.75. The fourth-order valence-electron chi connectivity index (χ4n) is 4.47. The lowest BCUT2D eigenvalue weighted by molar-refractivity contribution is 0.0704. The zero-order valence-corrected chi connectivity index (χ0v) is 17.4. The number of furan rings is 1. The Balaban J connectivity index is 1.49. The first-order valence-electron chi connectivity index (χ1n) is 9.85. The molecule has 0 unspecified atom stereocenters. The van der Waals surface area contributed by atoms with Crippen LogP contribution in [0, 0.1) is 12.3 Å². The summed E-state index contributed by atoms with van der Waals surface area (Å²) in [5.74, 6) is 1.07. The van der Waals surface area contributed by atoms with Crippen LogP contribution < -0.4 is 4.90 Å². The number of amides is 1. The Morgan fingerprint density at radius 1 is 1.25 bits per heavy atom. The van der Waals surface area contributed by atoms with Crippen LogP contribution in [0.15, 0.2) is 28.7 Å². The van der Waals surface area contributed by atoms with Gasteiger partial charge in [0.15, 0.2) is 5.76 Å². The number of fused-ring (bicyclic) bond motifs is 1. The molecule has 0 saturated carbocycles. The van der Waals surface area contributed by atoms with Crippen LogP contribution in [0.1, 0.15) is 53.8 Å². The third-order valence-corrected chi connectivity index (χ3v) is 6.16. The SMILES string of the molecule is Cc1c(C(=O)N2CCN(c3cccc(Cl)c3)CC2)oc2c1[C@@H](O)CC(C)(C)C2. The molecule has 0 bridgehead atoms. The van der Waals surface area contributed by atoms with Gasteiger partial charge in [-0.3, -0.25) is 4.79 Å². The van der Waals surface area contributed by atoms with E-state index in [1.54, 1.807) is 0 Å². The number of piperazine rings is 1. The number of aliphatic hydroxyl groups is 1. The zero-order valence-electron chi connectivity index (χ0n) is 16.7. The van der Waals surface area contributed by atoms with Gasteiger partial charge in [0, 0.05) is 54.4 Å². The van der Waals surface area contributed by atoms with Crippen molar-refractivity contribution in [3.63, 3.8) is 0 Å². The van der Waals surface area contributed by atoms with Gasteiger partial charge in [0.2, 0.25) is 0 Å². The molecule has 150 valence electrons. The Hall–Kier alpha value is -1.98. The highest BCUT2D eigenvalue weighted by Gasteiger charge is 2.38. The molecule has 2 heterocycles. The highest BCUT2D eigenvalue weighted by Crippen LogP contribution is 2.44. The average Bonchev–Trinajstić information content (AvgIpc) is 2.96. The fourth-order valence-corrected chi connectivity index (χ4v) is 4.66. The van der Waals surface area contributed by atoms with Crippen molar-refractivity contribution in [2.45, 2.75) is 39.7 Å². The number of rotatable bonds is 2. The second kappa shape index (κ2) is 7.12. The van der Waals surface area contributed by atoms with Crippen LogP contribution in [0.5, 0.6) is 0 Å². The number of carbonyl (C=O) groups is 1. The van der Waals surface area contributed by atoms with Crippen LogP contribution >= 0.6 is 11.6 Å². The molecule has 1 aliphatic heterocycles. The van der Waals surface area contributed by atoms with E-state index in [1.807, 2.05) is 36.1 Å². The maximum Gasteiger partial charge on any atom is 0.289 e. The third-order valence-electron chi connectivity index (χ3n) is 5.92. The zero-order chi connectivity index (χ0) is 20.1. The maximum absolute atomic E-state index is 13.1. The van der Waals surface area contributed by atoms with Crippen LogP contribution in [0.4, 0.5) is 5.69 Å². The number of benzene rings is 1. The van der Waals surface area contributed by atoms with Crippen molar-refractivity contribution >= 4 is 23.2 Å². The van der Waals surface area contributed by atoms with Crippen molar-refractivity contribution in [3.05, 3.63) is 51.9 Å². The first kappa shape index (κ1) is 19.3. The molecule has 1 saturated heterocycles. The minimum Gasteiger partial charge on any atom is -0.455 e. The molecule has 2 aromatic rings. The Morgan fingerprint density at radius 2 is 1.96 bits per heavy atom. The van der Waals surface area contributed by atoms with Gasteiger partial charge in [-0.25, -0.2) is 0 Å². The van der Waals surface area contributed by atoms with Gasteiger partial charge in [0.25, 0.3) is 5.91 Å². The number of hydrogen-bond acceptors (Lipinski definition) is 4. The molecule has 4 rings (SSSR count). The van der Waals surface area contributed by atoms with E-state index in [4.69, 9.17) is 16.0 Å². The largest absolute Gasteiger partial charge is 0.455 e. The summed E-state index contributed by atoms with van der Waals surface area (Å²) in [5.41, 5.74) is 2.66. The van der Waals surface area contributed by atoms with Crippen LogP contribution in [-0.4, -0.2) is 42.1 Å². The molecule has 1 aliphatic carbocycles. The number of nitrogens with zero attached hydrogens (tertiary/aromatic N) is 2. The van der Waals surface area contributed by atoms with Gasteiger partial charge in [-0.15, -0.1) is 0 Å². The van der Waals surface area contributed by atoms with Gasteiger partial charge >= 0.3 is 0 Å². The molecule has 0 radical (unpaired) electrons. The van der Waals surface area contributed by atoms with Gasteiger partial charge < -0.3 is 19.3 Å². The summed E-state index contributed by atoms with van der Waals surface area (Å²) in [5, 5.41) is 11.3. The van der Waals surface area contributed by atoms with Gasteiger partial charge in [-0.1, -0.05) is 31.5 Å². The summed E-state index contributed by atoms with van der Waals surface area (Å²) < 4.78 is 6.00. The molecule has 0 spiro atoms. The normalized spacial score (nSPS) is 21.5. The van der Waals surface area contributed by atoms with E-state index in [-0.39, 0.29) is 11.3 Å². The van der Waals surface area contributed by atoms with Crippen molar-refractivity contribution in [1.29, 1.82) is 0 Å². The van der Waals surface area contributed by atoms with Crippen molar-refractivity contribution < 1.29 is 14.3 Å². The van der Waals surface area contributed by atoms with Crippen LogP contribution in [0.25, 0.3) is 0 Å². The van der Waals surface area contributed by atoms with E-state index >= 15 is 0 Å². The minimum atomic E-state index is -0.566. The highest BCUT2D eigenvalue weighted by atomic mass is 35.5. The minimum absolute atomic E-state index is 0.0282. The Kier molecular flexibility index (Phi) is 4.92. The summed E-state index contributed by atoms with van der Waals surface area (Å²) in [6, 6.07) is 7.80. The maximum atomic E-state index is 13.1. The molecule has 1 aromatic heterocycles. The van der Waals surface area contributed by atoms with Gasteiger partial charge in [0.05, 0.1) is 6.10 Å². The number of hydrogen-bond donors (Lipinski definition) is 1. The Morgan fingerprint density at radius 3 is 2.64 bits per heavy atom. The first-order valence-corrected chi connectivity index (χ1v) is 10.2. The standard InChI is InChI=1S/C22H27ClN2O3/c1-14-19-17(26)12-22(2,3)13-18(19)28-20(14)21(27)25-9-7-24(8-10-25)16-6-4-5-15(23)11-16/h4-6,11,17,26H,7-10,12-13H2,1-3H3/t17-/m0/s1. The van der Waals surface area contributed by atoms with Crippen molar-refractivity contribution in [2.24, 2.45) is 5.41 Å². The molecule has 2 aliphatic rings. The van der Waals surface area contributed by atoms with E-state index in [0.717, 1.165) is 42.1 Å². The molecular weight excluding hydrogens is 376 g/mol. The quantitative estimate of drug-likeness (QED) is 0.817. The smallest absolute Gasteiger partial charge is 0.289 e. The molecule has 1 aromatic carbocycles.